The summed E-state index contributed by atoms with van der Waals surface area (Å²) in [5.41, 5.74) is 3.24. The number of oxazole rings is 1. The van der Waals surface area contributed by atoms with Gasteiger partial charge in [0, 0.05) is 16.8 Å². The van der Waals surface area contributed by atoms with Crippen LogP contribution in [0.2, 0.25) is 0 Å². The van der Waals surface area contributed by atoms with Gasteiger partial charge in [0.15, 0.2) is 5.58 Å². The smallest absolute Gasteiger partial charge is 0.255 e. The highest BCUT2D eigenvalue weighted by Gasteiger charge is 2.11. The first-order chi connectivity index (χ1) is 14.5. The van der Waals surface area contributed by atoms with Crippen molar-refractivity contribution in [3.05, 3.63) is 84.4 Å². The maximum atomic E-state index is 12.4. The highest BCUT2D eigenvalue weighted by atomic mass is 16.3. The molecular weight excluding hydrogens is 380 g/mol. The maximum Gasteiger partial charge on any atom is 0.255 e. The zero-order valence-electron chi connectivity index (χ0n) is 15.7. The van der Waals surface area contributed by atoms with Crippen molar-refractivity contribution in [2.75, 3.05) is 5.32 Å². The minimum Gasteiger partial charge on any atom is -0.508 e. The second-order valence-corrected chi connectivity index (χ2v) is 6.95. The van der Waals surface area contributed by atoms with Crippen LogP contribution in [0.5, 0.6) is 11.5 Å². The number of aromatic nitrogens is 1. The predicted octanol–water partition coefficient (Wildman–Crippen LogP) is 5.31. The van der Waals surface area contributed by atoms with Gasteiger partial charge in [-0.25, -0.2) is 4.98 Å². The van der Waals surface area contributed by atoms with Gasteiger partial charge in [-0.1, -0.05) is 6.07 Å². The van der Waals surface area contributed by atoms with Crippen LogP contribution in [-0.2, 0) is 0 Å². The molecule has 0 saturated heterocycles. The molecule has 0 aliphatic carbocycles. The molecule has 1 heterocycles. The molecule has 4 aromatic carbocycles. The van der Waals surface area contributed by atoms with Crippen molar-refractivity contribution in [2.24, 2.45) is 0 Å². The average molecular weight is 396 g/mol. The summed E-state index contributed by atoms with van der Waals surface area (Å²) in [7, 11) is 0. The number of nitrogens with zero attached hydrogens (tertiary/aromatic N) is 1. The zero-order valence-corrected chi connectivity index (χ0v) is 15.7. The molecule has 1 aromatic heterocycles. The number of amides is 1. The lowest BCUT2D eigenvalue weighted by Crippen LogP contribution is -2.11. The van der Waals surface area contributed by atoms with Crippen LogP contribution in [0.1, 0.15) is 10.4 Å². The van der Waals surface area contributed by atoms with Gasteiger partial charge in [0.25, 0.3) is 5.91 Å². The molecule has 5 rings (SSSR count). The van der Waals surface area contributed by atoms with Crippen LogP contribution in [-0.4, -0.2) is 21.1 Å². The van der Waals surface area contributed by atoms with Crippen LogP contribution in [0.15, 0.2) is 83.3 Å². The van der Waals surface area contributed by atoms with E-state index >= 15 is 0 Å². The minimum absolute atomic E-state index is 0.112. The van der Waals surface area contributed by atoms with Crippen LogP contribution < -0.4 is 5.32 Å². The van der Waals surface area contributed by atoms with Crippen molar-refractivity contribution < 1.29 is 19.4 Å². The van der Waals surface area contributed by atoms with Gasteiger partial charge in [-0.3, -0.25) is 4.79 Å². The third-order valence-corrected chi connectivity index (χ3v) is 4.85. The molecule has 1 amide bonds. The Morgan fingerprint density at radius 3 is 2.23 bits per heavy atom. The van der Waals surface area contributed by atoms with Crippen LogP contribution in [0.25, 0.3) is 33.3 Å². The van der Waals surface area contributed by atoms with E-state index in [9.17, 15) is 15.0 Å². The Morgan fingerprint density at radius 2 is 1.50 bits per heavy atom. The van der Waals surface area contributed by atoms with Gasteiger partial charge in [-0.05, 0) is 83.6 Å². The third kappa shape index (κ3) is 3.31. The Balaban J connectivity index is 1.47. The fourth-order valence-electron chi connectivity index (χ4n) is 3.29. The van der Waals surface area contributed by atoms with Gasteiger partial charge in [0.2, 0.25) is 5.89 Å². The van der Waals surface area contributed by atoms with E-state index in [4.69, 9.17) is 4.42 Å². The number of fused-ring (bicyclic) bond motifs is 2. The van der Waals surface area contributed by atoms with E-state index in [-0.39, 0.29) is 17.4 Å². The highest BCUT2D eigenvalue weighted by molar-refractivity contribution is 6.06. The second kappa shape index (κ2) is 6.93. The van der Waals surface area contributed by atoms with Crippen molar-refractivity contribution in [3.63, 3.8) is 0 Å². The predicted molar refractivity (Wildman–Crippen MR) is 115 cm³/mol. The summed E-state index contributed by atoms with van der Waals surface area (Å²) in [6, 6.07) is 22.2. The van der Waals surface area contributed by atoms with Gasteiger partial charge in [-0.15, -0.1) is 0 Å². The number of aromatic hydroxyl groups is 2. The molecule has 0 atom stereocenters. The Hall–Kier alpha value is -4.32. The quantitative estimate of drug-likeness (QED) is 0.384. The Labute approximate surface area is 171 Å². The number of benzene rings is 4. The van der Waals surface area contributed by atoms with Crippen molar-refractivity contribution in [2.45, 2.75) is 0 Å². The molecule has 0 fully saturated rings. The Morgan fingerprint density at radius 1 is 0.800 bits per heavy atom. The lowest BCUT2D eigenvalue weighted by atomic mass is 10.1. The molecule has 0 bridgehead atoms. The van der Waals surface area contributed by atoms with Crippen molar-refractivity contribution >= 4 is 33.5 Å². The number of hydrogen-bond donors (Lipinski definition) is 3. The fraction of sp³-hybridized carbons (Fsp3) is 0. The standard InChI is InChI=1S/C24H16N2O4/c27-19-7-2-14(3-8-19)23(29)25-18-6-1-16-13-22-21(12-17(16)11-18)26-24(30-22)15-4-9-20(28)10-5-15/h1-13,27-28H,(H,25,29). The van der Waals surface area contributed by atoms with E-state index in [0.717, 1.165) is 16.3 Å². The van der Waals surface area contributed by atoms with Gasteiger partial charge in [-0.2, -0.15) is 0 Å². The van der Waals surface area contributed by atoms with E-state index in [0.29, 0.717) is 28.2 Å². The molecule has 3 N–H and O–H groups in total. The summed E-state index contributed by atoms with van der Waals surface area (Å²) in [4.78, 5) is 17.0. The molecular formula is C24H16N2O4. The first kappa shape index (κ1) is 17.8. The molecule has 30 heavy (non-hydrogen) atoms. The second-order valence-electron chi connectivity index (χ2n) is 6.95. The summed E-state index contributed by atoms with van der Waals surface area (Å²) >= 11 is 0. The van der Waals surface area contributed by atoms with Crippen molar-refractivity contribution in [1.29, 1.82) is 0 Å². The van der Waals surface area contributed by atoms with Crippen LogP contribution >= 0.6 is 0 Å². The molecule has 0 unspecified atom stereocenters. The molecule has 0 saturated carbocycles. The Kier molecular flexibility index (Phi) is 4.10. The number of carbonyl (C=O) groups excluding carboxylic acids is 1. The van der Waals surface area contributed by atoms with Crippen LogP contribution in [0.4, 0.5) is 5.69 Å². The molecule has 0 aliphatic heterocycles. The van der Waals surface area contributed by atoms with E-state index in [1.54, 1.807) is 36.4 Å². The maximum absolute atomic E-state index is 12.4. The van der Waals surface area contributed by atoms with E-state index < -0.39 is 0 Å². The molecule has 5 aromatic rings. The lowest BCUT2D eigenvalue weighted by molar-refractivity contribution is 0.102. The highest BCUT2D eigenvalue weighted by Crippen LogP contribution is 2.30. The van der Waals surface area contributed by atoms with Crippen LogP contribution in [0.3, 0.4) is 0 Å². The molecule has 6 heteroatoms. The molecule has 0 spiro atoms. The number of nitrogens with one attached hydrogen (secondary N) is 1. The minimum atomic E-state index is -0.258. The number of rotatable bonds is 3. The van der Waals surface area contributed by atoms with Gasteiger partial charge >= 0.3 is 0 Å². The normalized spacial score (nSPS) is 11.1. The first-order valence-electron chi connectivity index (χ1n) is 9.29. The summed E-state index contributed by atoms with van der Waals surface area (Å²) in [5.74, 6) is 0.510. The number of hydrogen-bond acceptors (Lipinski definition) is 5. The number of phenolic OH excluding ortho intramolecular Hbond substituents is 2. The summed E-state index contributed by atoms with van der Waals surface area (Å²) < 4.78 is 5.88. The lowest BCUT2D eigenvalue weighted by Gasteiger charge is -2.07. The van der Waals surface area contributed by atoms with Crippen molar-refractivity contribution in [3.8, 4) is 23.0 Å². The summed E-state index contributed by atoms with van der Waals surface area (Å²) in [6.45, 7) is 0. The van der Waals surface area contributed by atoms with Crippen LogP contribution in [0, 0.1) is 0 Å². The molecule has 146 valence electrons. The first-order valence-corrected chi connectivity index (χ1v) is 9.29. The van der Waals surface area contributed by atoms with Gasteiger partial charge in [0.1, 0.15) is 17.0 Å². The third-order valence-electron chi connectivity index (χ3n) is 4.85. The monoisotopic (exact) mass is 396 g/mol. The van der Waals surface area contributed by atoms with Crippen molar-refractivity contribution in [1.82, 2.24) is 4.98 Å². The number of phenols is 2. The molecule has 0 aliphatic rings. The number of anilines is 1. The Bertz CT molecular complexity index is 1390. The average Bonchev–Trinajstić information content (AvgIpc) is 3.15. The van der Waals surface area contributed by atoms with E-state index in [1.165, 1.54) is 12.1 Å². The van der Waals surface area contributed by atoms with E-state index in [2.05, 4.69) is 10.3 Å². The summed E-state index contributed by atoms with van der Waals surface area (Å²) in [6.07, 6.45) is 0. The van der Waals surface area contributed by atoms with E-state index in [1.807, 2.05) is 30.3 Å². The topological polar surface area (TPSA) is 95.6 Å². The summed E-state index contributed by atoms with van der Waals surface area (Å²) in [5, 5.41) is 23.6. The molecule has 0 radical (unpaired) electrons. The largest absolute Gasteiger partial charge is 0.508 e. The van der Waals surface area contributed by atoms with Gasteiger partial charge < -0.3 is 19.9 Å². The fourth-order valence-corrected chi connectivity index (χ4v) is 3.29. The number of carbonyl (C=O) groups is 1. The van der Waals surface area contributed by atoms with Gasteiger partial charge in [0.05, 0.1) is 0 Å². The molecule has 6 nitrogen and oxygen atoms in total. The zero-order chi connectivity index (χ0) is 20.7. The SMILES string of the molecule is O=C(Nc1ccc2cc3oc(-c4ccc(O)cc4)nc3cc2c1)c1ccc(O)cc1.